The van der Waals surface area contributed by atoms with Gasteiger partial charge in [0.25, 0.3) is 5.91 Å². The fraction of sp³-hybridized carbons (Fsp3) is 0. The third kappa shape index (κ3) is 3.47. The molecule has 1 N–H and O–H groups in total. The molecule has 0 saturated carbocycles. The van der Waals surface area contributed by atoms with Crippen LogP contribution in [0.15, 0.2) is 87.8 Å². The average Bonchev–Trinajstić information content (AvgIpc) is 3.17. The van der Waals surface area contributed by atoms with Gasteiger partial charge in [-0.2, -0.15) is 0 Å². The molecule has 30 heavy (non-hydrogen) atoms. The van der Waals surface area contributed by atoms with Crippen LogP contribution in [0.1, 0.15) is 10.4 Å². The van der Waals surface area contributed by atoms with E-state index in [1.165, 1.54) is 0 Å². The number of nitrogens with one attached hydrogen (secondary N) is 1. The van der Waals surface area contributed by atoms with Gasteiger partial charge in [0.2, 0.25) is 5.89 Å². The fourth-order valence-corrected chi connectivity index (χ4v) is 3.89. The molecule has 0 aliphatic rings. The van der Waals surface area contributed by atoms with Crippen LogP contribution in [0.25, 0.3) is 33.3 Å². The Balaban J connectivity index is 1.46. The summed E-state index contributed by atoms with van der Waals surface area (Å²) in [7, 11) is 0. The number of aromatic nitrogens is 1. The molecule has 5 rings (SSSR count). The molecule has 0 saturated heterocycles. The Hall–Kier alpha value is -3.15. The molecule has 146 valence electrons. The van der Waals surface area contributed by atoms with Crippen LogP contribution < -0.4 is 5.32 Å². The number of oxazole rings is 1. The minimum absolute atomic E-state index is 0.209. The van der Waals surface area contributed by atoms with Gasteiger partial charge in [-0.25, -0.2) is 4.98 Å². The maximum absolute atomic E-state index is 12.9. The summed E-state index contributed by atoms with van der Waals surface area (Å²) in [5.74, 6) is 0.323. The van der Waals surface area contributed by atoms with E-state index < -0.39 is 0 Å². The highest BCUT2D eigenvalue weighted by atomic mass is 79.9. The van der Waals surface area contributed by atoms with Crippen molar-refractivity contribution >= 4 is 61.0 Å². The van der Waals surface area contributed by atoms with Gasteiger partial charge in [0.1, 0.15) is 5.52 Å². The van der Waals surface area contributed by atoms with Crippen LogP contribution in [0.2, 0.25) is 5.02 Å². The van der Waals surface area contributed by atoms with Gasteiger partial charge < -0.3 is 9.73 Å². The Labute approximate surface area is 185 Å². The molecule has 0 aliphatic carbocycles. The third-order valence-electron chi connectivity index (χ3n) is 4.85. The second-order valence-electron chi connectivity index (χ2n) is 6.80. The van der Waals surface area contributed by atoms with Crippen LogP contribution in [-0.4, -0.2) is 10.9 Å². The van der Waals surface area contributed by atoms with Crippen LogP contribution in [-0.2, 0) is 0 Å². The van der Waals surface area contributed by atoms with Gasteiger partial charge in [-0.15, -0.1) is 0 Å². The SMILES string of the molecule is O=C(Nc1ccc2oc(-c3ccc(Br)cc3)nc2c1)c1cccc2c(Cl)cccc12. The van der Waals surface area contributed by atoms with Crippen molar-refractivity contribution in [3.05, 3.63) is 93.9 Å². The van der Waals surface area contributed by atoms with Crippen LogP contribution >= 0.6 is 27.5 Å². The fourth-order valence-electron chi connectivity index (χ4n) is 3.39. The maximum atomic E-state index is 12.9. The molecule has 6 heteroatoms. The largest absolute Gasteiger partial charge is 0.436 e. The number of fused-ring (bicyclic) bond motifs is 2. The molecular formula is C24H14BrClN2O2. The standard InChI is InChI=1S/C24H14BrClN2O2/c25-15-9-7-14(8-10-15)24-28-21-13-16(11-12-22(21)30-24)27-23(29)19-5-1-4-18-17(19)3-2-6-20(18)26/h1-13H,(H,27,29). The number of hydrogen-bond acceptors (Lipinski definition) is 3. The number of anilines is 1. The Morgan fingerprint density at radius 3 is 2.53 bits per heavy atom. The predicted molar refractivity (Wildman–Crippen MR) is 124 cm³/mol. The first-order valence-electron chi connectivity index (χ1n) is 9.23. The lowest BCUT2D eigenvalue weighted by atomic mass is 10.0. The zero-order chi connectivity index (χ0) is 20.7. The van der Waals surface area contributed by atoms with E-state index in [1.807, 2.05) is 54.6 Å². The van der Waals surface area contributed by atoms with Crippen molar-refractivity contribution in [2.45, 2.75) is 0 Å². The molecule has 4 nitrogen and oxygen atoms in total. The van der Waals surface area contributed by atoms with Crippen molar-refractivity contribution in [3.63, 3.8) is 0 Å². The van der Waals surface area contributed by atoms with Crippen molar-refractivity contribution in [3.8, 4) is 11.5 Å². The molecule has 0 aliphatic heterocycles. The highest BCUT2D eigenvalue weighted by molar-refractivity contribution is 9.10. The first kappa shape index (κ1) is 18.9. The van der Waals surface area contributed by atoms with Crippen molar-refractivity contribution in [1.82, 2.24) is 4.98 Å². The number of carbonyl (C=O) groups excluding carboxylic acids is 1. The third-order valence-corrected chi connectivity index (χ3v) is 5.71. The summed E-state index contributed by atoms with van der Waals surface area (Å²) in [4.78, 5) is 17.5. The van der Waals surface area contributed by atoms with E-state index in [9.17, 15) is 4.79 Å². The van der Waals surface area contributed by atoms with Gasteiger partial charge in [-0.3, -0.25) is 4.79 Å². The van der Waals surface area contributed by atoms with E-state index in [0.29, 0.717) is 33.3 Å². The van der Waals surface area contributed by atoms with Crippen LogP contribution in [0, 0.1) is 0 Å². The number of carbonyl (C=O) groups is 1. The maximum Gasteiger partial charge on any atom is 0.256 e. The van der Waals surface area contributed by atoms with Crippen molar-refractivity contribution in [2.75, 3.05) is 5.32 Å². The number of nitrogens with zero attached hydrogens (tertiary/aromatic N) is 1. The lowest BCUT2D eigenvalue weighted by molar-refractivity contribution is 0.102. The Morgan fingerprint density at radius 1 is 0.933 bits per heavy atom. The van der Waals surface area contributed by atoms with Gasteiger partial charge >= 0.3 is 0 Å². The lowest BCUT2D eigenvalue weighted by Crippen LogP contribution is -2.12. The Bertz CT molecular complexity index is 1410. The van der Waals surface area contributed by atoms with Crippen LogP contribution in [0.5, 0.6) is 0 Å². The first-order chi connectivity index (χ1) is 14.6. The van der Waals surface area contributed by atoms with E-state index >= 15 is 0 Å². The molecule has 0 bridgehead atoms. The number of amides is 1. The van der Waals surface area contributed by atoms with Gasteiger partial charge in [-0.1, -0.05) is 51.8 Å². The number of rotatable bonds is 3. The van der Waals surface area contributed by atoms with Crippen LogP contribution in [0.3, 0.4) is 0 Å². The summed E-state index contributed by atoms with van der Waals surface area (Å²) in [6.45, 7) is 0. The molecule has 1 heterocycles. The zero-order valence-electron chi connectivity index (χ0n) is 15.5. The first-order valence-corrected chi connectivity index (χ1v) is 10.4. The van der Waals surface area contributed by atoms with E-state index in [1.54, 1.807) is 24.3 Å². The minimum atomic E-state index is -0.209. The summed E-state index contributed by atoms with van der Waals surface area (Å²) in [5.41, 5.74) is 3.41. The summed E-state index contributed by atoms with van der Waals surface area (Å²) >= 11 is 9.69. The zero-order valence-corrected chi connectivity index (χ0v) is 17.9. The molecule has 4 aromatic carbocycles. The second kappa shape index (κ2) is 7.59. The molecule has 0 unspecified atom stereocenters. The Morgan fingerprint density at radius 2 is 1.70 bits per heavy atom. The predicted octanol–water partition coefficient (Wildman–Crippen LogP) is 7.32. The number of halogens is 2. The van der Waals surface area contributed by atoms with Gasteiger partial charge in [0.05, 0.1) is 0 Å². The van der Waals surface area contributed by atoms with E-state index in [2.05, 4.69) is 26.2 Å². The lowest BCUT2D eigenvalue weighted by Gasteiger charge is -2.09. The van der Waals surface area contributed by atoms with Crippen molar-refractivity contribution < 1.29 is 9.21 Å². The molecule has 0 fully saturated rings. The second-order valence-corrected chi connectivity index (χ2v) is 8.13. The Kier molecular flexibility index (Phi) is 4.77. The summed E-state index contributed by atoms with van der Waals surface area (Å²) in [6, 6.07) is 24.2. The van der Waals surface area contributed by atoms with E-state index in [4.69, 9.17) is 16.0 Å². The molecule has 5 aromatic rings. The van der Waals surface area contributed by atoms with Gasteiger partial charge in [0, 0.05) is 31.7 Å². The molecule has 0 radical (unpaired) electrons. The smallest absolute Gasteiger partial charge is 0.256 e. The molecule has 0 spiro atoms. The quantitative estimate of drug-likeness (QED) is 0.296. The number of hydrogen-bond donors (Lipinski definition) is 1. The van der Waals surface area contributed by atoms with Crippen LogP contribution in [0.4, 0.5) is 5.69 Å². The van der Waals surface area contributed by atoms with Gasteiger partial charge in [0.15, 0.2) is 5.58 Å². The minimum Gasteiger partial charge on any atom is -0.436 e. The molecule has 0 atom stereocenters. The molecular weight excluding hydrogens is 464 g/mol. The highest BCUT2D eigenvalue weighted by Gasteiger charge is 2.13. The highest BCUT2D eigenvalue weighted by Crippen LogP contribution is 2.29. The summed E-state index contributed by atoms with van der Waals surface area (Å²) in [5, 5.41) is 5.22. The topological polar surface area (TPSA) is 55.1 Å². The molecule has 1 aromatic heterocycles. The van der Waals surface area contributed by atoms with Crippen molar-refractivity contribution in [2.24, 2.45) is 0 Å². The monoisotopic (exact) mass is 476 g/mol. The van der Waals surface area contributed by atoms with Crippen molar-refractivity contribution in [1.29, 1.82) is 0 Å². The summed E-state index contributed by atoms with van der Waals surface area (Å²) < 4.78 is 6.84. The average molecular weight is 478 g/mol. The van der Waals surface area contributed by atoms with E-state index in [0.717, 1.165) is 20.8 Å². The normalized spacial score (nSPS) is 11.1. The summed E-state index contributed by atoms with van der Waals surface area (Å²) in [6.07, 6.45) is 0. The van der Waals surface area contributed by atoms with Gasteiger partial charge in [-0.05, 0) is 60.0 Å². The number of benzene rings is 4. The van der Waals surface area contributed by atoms with E-state index in [-0.39, 0.29) is 5.91 Å². The molecule has 1 amide bonds.